The molecule has 2 N–H and O–H groups in total. The van der Waals surface area contributed by atoms with Gasteiger partial charge >= 0.3 is 0 Å². The van der Waals surface area contributed by atoms with Crippen LogP contribution in [-0.4, -0.2) is 17.0 Å². The van der Waals surface area contributed by atoms with Crippen molar-refractivity contribution in [3.8, 4) is 0 Å². The highest BCUT2D eigenvalue weighted by Gasteiger charge is 2.40. The van der Waals surface area contributed by atoms with Crippen LogP contribution in [0.2, 0.25) is 0 Å². The molecule has 1 aliphatic carbocycles. The summed E-state index contributed by atoms with van der Waals surface area (Å²) in [5, 5.41) is 3.19. The average molecular weight is 320 g/mol. The lowest BCUT2D eigenvalue weighted by atomic mass is 9.97. The molecule has 2 fully saturated rings. The molecule has 0 radical (unpaired) electrons. The Morgan fingerprint density at radius 1 is 1.32 bits per heavy atom. The molecule has 3 atom stereocenters. The van der Waals surface area contributed by atoms with Crippen LogP contribution in [0.5, 0.6) is 0 Å². The zero-order valence-electron chi connectivity index (χ0n) is 13.2. The molecule has 3 rings (SSSR count). The van der Waals surface area contributed by atoms with Gasteiger partial charge in [0.2, 0.25) is 0 Å². The third-order valence-electron chi connectivity index (χ3n) is 5.23. The van der Waals surface area contributed by atoms with Gasteiger partial charge in [0.25, 0.3) is 0 Å². The van der Waals surface area contributed by atoms with Crippen LogP contribution in [0.25, 0.3) is 0 Å². The number of benzene rings is 1. The number of hydrogen-bond donors (Lipinski definition) is 1. The van der Waals surface area contributed by atoms with Gasteiger partial charge in [-0.05, 0) is 18.1 Å². The molecule has 1 aliphatic heterocycles. The fourth-order valence-electron chi connectivity index (χ4n) is 4.15. The van der Waals surface area contributed by atoms with Gasteiger partial charge in [-0.25, -0.2) is 4.39 Å². The first-order valence-corrected chi connectivity index (χ1v) is 9.64. The Hall–Kier alpha value is -0.800. The van der Waals surface area contributed by atoms with Gasteiger partial charge in [-0.3, -0.25) is 0 Å². The van der Waals surface area contributed by atoms with E-state index in [1.54, 1.807) is 12.1 Å². The molecule has 2 unspecified atom stereocenters. The highest BCUT2D eigenvalue weighted by atomic mass is 32.2. The molecule has 0 aromatic heterocycles. The Bertz CT molecular complexity index is 498. The van der Waals surface area contributed by atoms with Gasteiger partial charge in [-0.2, -0.15) is 0 Å². The molecule has 0 amide bonds. The first-order chi connectivity index (χ1) is 10.8. The zero-order chi connectivity index (χ0) is 15.4. The maximum absolute atomic E-state index is 13.5. The minimum absolute atomic E-state index is 0.111. The molecule has 1 saturated carbocycles. The van der Waals surface area contributed by atoms with E-state index >= 15 is 0 Å². The van der Waals surface area contributed by atoms with Crippen LogP contribution in [0, 0.1) is 11.7 Å². The van der Waals surface area contributed by atoms with Crippen LogP contribution < -0.4 is 5.32 Å². The molecule has 1 heterocycles. The summed E-state index contributed by atoms with van der Waals surface area (Å²) in [6, 6.07) is 8.28. The van der Waals surface area contributed by atoms with Gasteiger partial charge in [0, 0.05) is 24.2 Å². The Morgan fingerprint density at radius 2 is 2.14 bits per heavy atom. The molecule has 120 valence electrons. The van der Waals surface area contributed by atoms with Crippen LogP contribution >= 0.6 is 11.8 Å². The van der Waals surface area contributed by atoms with Crippen molar-refractivity contribution in [1.82, 2.24) is 0 Å². The zero-order valence-corrected chi connectivity index (χ0v) is 14.0. The number of quaternary nitrogens is 1. The van der Waals surface area contributed by atoms with Crippen molar-refractivity contribution in [1.29, 1.82) is 0 Å². The standard InChI is InChI=1S/C19H26FNS/c1-2-10-22-19-13-17(15-8-5-9-16(20)12-15)21-18(19)11-14-6-3-4-7-14/h2,5,8-9,12,14,17-19,21H,1,3-4,6-7,10-11,13H2/p+1/t17-,18?,19?/m1/s1. The maximum atomic E-state index is 13.5. The highest BCUT2D eigenvalue weighted by Crippen LogP contribution is 2.35. The van der Waals surface area contributed by atoms with Gasteiger partial charge in [0.1, 0.15) is 11.9 Å². The lowest BCUT2D eigenvalue weighted by molar-refractivity contribution is -0.708. The molecule has 0 spiro atoms. The largest absolute Gasteiger partial charge is 0.337 e. The summed E-state index contributed by atoms with van der Waals surface area (Å²) in [7, 11) is 0. The number of halogens is 1. The Morgan fingerprint density at radius 3 is 2.86 bits per heavy atom. The molecule has 1 aromatic rings. The lowest BCUT2D eigenvalue weighted by Gasteiger charge is -2.19. The number of rotatable bonds is 6. The van der Waals surface area contributed by atoms with Crippen LogP contribution in [-0.2, 0) is 0 Å². The molecule has 22 heavy (non-hydrogen) atoms. The van der Waals surface area contributed by atoms with Crippen molar-refractivity contribution in [3.63, 3.8) is 0 Å². The van der Waals surface area contributed by atoms with E-state index < -0.39 is 0 Å². The molecule has 1 saturated heterocycles. The number of hydrogen-bond acceptors (Lipinski definition) is 1. The van der Waals surface area contributed by atoms with Crippen molar-refractivity contribution >= 4 is 11.8 Å². The molecule has 1 nitrogen and oxygen atoms in total. The van der Waals surface area contributed by atoms with E-state index in [9.17, 15) is 4.39 Å². The summed E-state index contributed by atoms with van der Waals surface area (Å²) in [5.41, 5.74) is 1.15. The van der Waals surface area contributed by atoms with Gasteiger partial charge in [-0.1, -0.05) is 43.9 Å². The van der Waals surface area contributed by atoms with Crippen molar-refractivity contribution in [2.45, 2.75) is 55.9 Å². The third-order valence-corrected chi connectivity index (χ3v) is 6.63. The van der Waals surface area contributed by atoms with Crippen LogP contribution in [0.3, 0.4) is 0 Å². The molecule has 2 aliphatic rings. The van der Waals surface area contributed by atoms with Gasteiger partial charge in [0.05, 0.1) is 11.3 Å². The van der Waals surface area contributed by atoms with E-state index in [2.05, 4.69) is 18.0 Å². The van der Waals surface area contributed by atoms with E-state index in [1.807, 2.05) is 23.9 Å². The Labute approximate surface area is 137 Å². The van der Waals surface area contributed by atoms with Gasteiger partial charge in [-0.15, -0.1) is 18.3 Å². The number of nitrogens with two attached hydrogens (primary N) is 1. The summed E-state index contributed by atoms with van der Waals surface area (Å²) in [4.78, 5) is 0. The predicted molar refractivity (Wildman–Crippen MR) is 92.5 cm³/mol. The van der Waals surface area contributed by atoms with E-state index in [-0.39, 0.29) is 5.82 Å². The van der Waals surface area contributed by atoms with E-state index in [0.717, 1.165) is 23.7 Å². The highest BCUT2D eigenvalue weighted by molar-refractivity contribution is 8.00. The van der Waals surface area contributed by atoms with Crippen molar-refractivity contribution in [3.05, 3.63) is 48.3 Å². The monoisotopic (exact) mass is 320 g/mol. The molecule has 1 aromatic carbocycles. The van der Waals surface area contributed by atoms with Crippen molar-refractivity contribution in [2.75, 3.05) is 5.75 Å². The fourth-order valence-corrected chi connectivity index (χ4v) is 5.33. The van der Waals surface area contributed by atoms with Gasteiger partial charge < -0.3 is 5.32 Å². The second-order valence-electron chi connectivity index (χ2n) is 6.80. The van der Waals surface area contributed by atoms with Crippen LogP contribution in [0.1, 0.15) is 50.1 Å². The average Bonchev–Trinajstić information content (AvgIpc) is 3.16. The summed E-state index contributed by atoms with van der Waals surface area (Å²) < 4.78 is 13.5. The second kappa shape index (κ2) is 7.65. The lowest BCUT2D eigenvalue weighted by Crippen LogP contribution is -2.88. The smallest absolute Gasteiger partial charge is 0.123 e. The Kier molecular flexibility index (Phi) is 5.59. The topological polar surface area (TPSA) is 16.6 Å². The minimum Gasteiger partial charge on any atom is -0.337 e. The normalized spacial score (nSPS) is 29.0. The third kappa shape index (κ3) is 3.94. The second-order valence-corrected chi connectivity index (χ2v) is 8.07. The molecular weight excluding hydrogens is 293 g/mol. The molecule has 3 heteroatoms. The summed E-state index contributed by atoms with van der Waals surface area (Å²) in [6.07, 6.45) is 10.1. The summed E-state index contributed by atoms with van der Waals surface area (Å²) in [5.74, 6) is 1.83. The summed E-state index contributed by atoms with van der Waals surface area (Å²) in [6.45, 7) is 3.86. The fraction of sp³-hybridized carbons (Fsp3) is 0.579. The first kappa shape index (κ1) is 16.1. The van der Waals surface area contributed by atoms with E-state index in [1.165, 1.54) is 32.1 Å². The summed E-state index contributed by atoms with van der Waals surface area (Å²) >= 11 is 2.04. The maximum Gasteiger partial charge on any atom is 0.123 e. The van der Waals surface area contributed by atoms with E-state index in [4.69, 9.17) is 0 Å². The number of thioether (sulfide) groups is 1. The van der Waals surface area contributed by atoms with E-state index in [0.29, 0.717) is 17.3 Å². The van der Waals surface area contributed by atoms with Gasteiger partial charge in [0.15, 0.2) is 0 Å². The SMILES string of the molecule is C=CCSC1C[C@H](c2cccc(F)c2)[NH2+]C1CC1CCCC1. The van der Waals surface area contributed by atoms with Crippen molar-refractivity contribution in [2.24, 2.45) is 5.92 Å². The minimum atomic E-state index is -0.111. The van der Waals surface area contributed by atoms with Crippen LogP contribution in [0.15, 0.2) is 36.9 Å². The van der Waals surface area contributed by atoms with Crippen molar-refractivity contribution < 1.29 is 9.71 Å². The Balaban J connectivity index is 1.68. The molecule has 0 bridgehead atoms. The first-order valence-electron chi connectivity index (χ1n) is 8.59. The molecular formula is C19H27FNS+. The van der Waals surface area contributed by atoms with Crippen LogP contribution in [0.4, 0.5) is 4.39 Å². The predicted octanol–water partition coefficient (Wildman–Crippen LogP) is 4.07. The quantitative estimate of drug-likeness (QED) is 0.782.